The number of rotatable bonds is 2. The summed E-state index contributed by atoms with van der Waals surface area (Å²) in [5, 5.41) is 6.24. The van der Waals surface area contributed by atoms with Crippen molar-refractivity contribution in [3.8, 4) is 0 Å². The van der Waals surface area contributed by atoms with Crippen molar-refractivity contribution in [2.24, 2.45) is 0 Å². The lowest BCUT2D eigenvalue weighted by molar-refractivity contribution is 0.435. The molecule has 2 aromatic rings. The van der Waals surface area contributed by atoms with Crippen LogP contribution in [0.25, 0.3) is 10.8 Å². The number of nitrogens with zero attached hydrogens (tertiary/aromatic N) is 1. The first-order valence-corrected chi connectivity index (χ1v) is 7.23. The standard InChI is InChI=1S/C17H22N2/c1-12(2)16-11-18-10-13-9-14(5-6-15(13)16)17(3)7-4-8-19-17/h5-6,9-12,19H,4,7-8H2,1-3H3. The Morgan fingerprint density at radius 2 is 2.11 bits per heavy atom. The molecular weight excluding hydrogens is 232 g/mol. The molecule has 100 valence electrons. The van der Waals surface area contributed by atoms with Crippen molar-refractivity contribution in [2.45, 2.75) is 45.1 Å². The maximum Gasteiger partial charge on any atom is 0.0406 e. The zero-order valence-electron chi connectivity index (χ0n) is 12.0. The van der Waals surface area contributed by atoms with E-state index in [2.05, 4.69) is 49.3 Å². The Morgan fingerprint density at radius 3 is 2.79 bits per heavy atom. The van der Waals surface area contributed by atoms with Crippen molar-refractivity contribution >= 4 is 10.8 Å². The van der Waals surface area contributed by atoms with Crippen LogP contribution in [0.2, 0.25) is 0 Å². The molecule has 1 aliphatic heterocycles. The summed E-state index contributed by atoms with van der Waals surface area (Å²) in [4.78, 5) is 4.40. The molecule has 0 amide bonds. The van der Waals surface area contributed by atoms with E-state index in [0.717, 1.165) is 6.54 Å². The number of nitrogens with one attached hydrogen (secondary N) is 1. The van der Waals surface area contributed by atoms with E-state index in [0.29, 0.717) is 5.92 Å². The van der Waals surface area contributed by atoms with Gasteiger partial charge in [-0.1, -0.05) is 26.0 Å². The molecule has 19 heavy (non-hydrogen) atoms. The monoisotopic (exact) mass is 254 g/mol. The number of aromatic nitrogens is 1. The molecule has 1 atom stereocenters. The van der Waals surface area contributed by atoms with E-state index >= 15 is 0 Å². The van der Waals surface area contributed by atoms with E-state index in [4.69, 9.17) is 0 Å². The lowest BCUT2D eigenvalue weighted by atomic mass is 9.88. The van der Waals surface area contributed by atoms with Crippen LogP contribution < -0.4 is 5.32 Å². The first-order valence-electron chi connectivity index (χ1n) is 7.23. The van der Waals surface area contributed by atoms with Crippen molar-refractivity contribution in [2.75, 3.05) is 6.54 Å². The zero-order valence-corrected chi connectivity index (χ0v) is 12.0. The summed E-state index contributed by atoms with van der Waals surface area (Å²) >= 11 is 0. The molecule has 0 saturated carbocycles. The molecule has 0 aliphatic carbocycles. The van der Waals surface area contributed by atoms with Gasteiger partial charge in [0.25, 0.3) is 0 Å². The number of hydrogen-bond donors (Lipinski definition) is 1. The largest absolute Gasteiger partial charge is 0.308 e. The Hall–Kier alpha value is -1.41. The lowest BCUT2D eigenvalue weighted by Gasteiger charge is -2.25. The molecule has 0 radical (unpaired) electrons. The van der Waals surface area contributed by atoms with E-state index in [1.54, 1.807) is 0 Å². The Bertz CT molecular complexity index is 595. The third-order valence-electron chi connectivity index (χ3n) is 4.42. The molecule has 1 unspecified atom stereocenters. The van der Waals surface area contributed by atoms with Gasteiger partial charge in [-0.05, 0) is 54.8 Å². The van der Waals surface area contributed by atoms with Gasteiger partial charge in [-0.3, -0.25) is 4.98 Å². The highest BCUT2D eigenvalue weighted by atomic mass is 15.0. The number of hydrogen-bond acceptors (Lipinski definition) is 2. The Morgan fingerprint density at radius 1 is 1.26 bits per heavy atom. The molecule has 1 saturated heterocycles. The van der Waals surface area contributed by atoms with Crippen LogP contribution in [-0.2, 0) is 5.54 Å². The van der Waals surface area contributed by atoms with Gasteiger partial charge in [0.2, 0.25) is 0 Å². The van der Waals surface area contributed by atoms with E-state index in [-0.39, 0.29) is 5.54 Å². The Labute approximate surface area is 115 Å². The summed E-state index contributed by atoms with van der Waals surface area (Å²) in [6.07, 6.45) is 6.47. The zero-order chi connectivity index (χ0) is 13.5. The fourth-order valence-electron chi connectivity index (χ4n) is 3.14. The van der Waals surface area contributed by atoms with Crippen LogP contribution in [0.4, 0.5) is 0 Å². The minimum absolute atomic E-state index is 0.141. The molecule has 0 bridgehead atoms. The number of pyridine rings is 1. The number of benzene rings is 1. The van der Waals surface area contributed by atoms with Crippen molar-refractivity contribution in [1.29, 1.82) is 0 Å². The van der Waals surface area contributed by atoms with Crippen LogP contribution >= 0.6 is 0 Å². The summed E-state index contributed by atoms with van der Waals surface area (Å²) in [6, 6.07) is 6.87. The maximum atomic E-state index is 4.40. The van der Waals surface area contributed by atoms with E-state index in [1.807, 2.05) is 12.4 Å². The maximum absolute atomic E-state index is 4.40. The third kappa shape index (κ3) is 2.14. The second-order valence-electron chi connectivity index (χ2n) is 6.18. The van der Waals surface area contributed by atoms with Gasteiger partial charge in [-0.15, -0.1) is 0 Å². The summed E-state index contributed by atoms with van der Waals surface area (Å²) in [7, 11) is 0. The predicted molar refractivity (Wildman–Crippen MR) is 80.4 cm³/mol. The first kappa shape index (κ1) is 12.6. The molecule has 3 rings (SSSR count). The molecule has 0 spiro atoms. The topological polar surface area (TPSA) is 24.9 Å². The van der Waals surface area contributed by atoms with E-state index in [1.165, 1.54) is 34.7 Å². The molecule has 2 nitrogen and oxygen atoms in total. The third-order valence-corrected chi connectivity index (χ3v) is 4.42. The van der Waals surface area contributed by atoms with Crippen LogP contribution in [0.3, 0.4) is 0 Å². The van der Waals surface area contributed by atoms with Gasteiger partial charge in [0, 0.05) is 23.3 Å². The molecular formula is C17H22N2. The second-order valence-corrected chi connectivity index (χ2v) is 6.18. The SMILES string of the molecule is CC(C)c1cncc2cc(C3(C)CCCN3)ccc12. The Balaban J connectivity index is 2.12. The molecule has 2 heterocycles. The van der Waals surface area contributed by atoms with Gasteiger partial charge in [-0.25, -0.2) is 0 Å². The highest BCUT2D eigenvalue weighted by Crippen LogP contribution is 2.33. The fraction of sp³-hybridized carbons (Fsp3) is 0.471. The van der Waals surface area contributed by atoms with Gasteiger partial charge in [0.05, 0.1) is 0 Å². The van der Waals surface area contributed by atoms with Gasteiger partial charge in [0.15, 0.2) is 0 Å². The molecule has 1 aliphatic rings. The summed E-state index contributed by atoms with van der Waals surface area (Å²) in [5.74, 6) is 0.516. The highest BCUT2D eigenvalue weighted by molar-refractivity contribution is 5.86. The quantitative estimate of drug-likeness (QED) is 0.877. The predicted octanol–water partition coefficient (Wildman–Crippen LogP) is 3.96. The number of fused-ring (bicyclic) bond motifs is 1. The summed E-state index contributed by atoms with van der Waals surface area (Å²) < 4.78 is 0. The van der Waals surface area contributed by atoms with Crippen LogP contribution in [0.15, 0.2) is 30.6 Å². The van der Waals surface area contributed by atoms with Crippen molar-refractivity contribution in [3.05, 3.63) is 41.7 Å². The average molecular weight is 254 g/mol. The van der Waals surface area contributed by atoms with E-state index in [9.17, 15) is 0 Å². The first-order chi connectivity index (χ1) is 9.10. The molecule has 1 fully saturated rings. The van der Waals surface area contributed by atoms with Gasteiger partial charge in [-0.2, -0.15) is 0 Å². The minimum Gasteiger partial charge on any atom is -0.308 e. The van der Waals surface area contributed by atoms with Crippen LogP contribution in [0.1, 0.15) is 50.7 Å². The smallest absolute Gasteiger partial charge is 0.0406 e. The highest BCUT2D eigenvalue weighted by Gasteiger charge is 2.29. The molecule has 1 N–H and O–H groups in total. The van der Waals surface area contributed by atoms with Gasteiger partial charge < -0.3 is 5.32 Å². The average Bonchev–Trinajstić information content (AvgIpc) is 2.85. The Kier molecular flexibility index (Phi) is 3.06. The minimum atomic E-state index is 0.141. The van der Waals surface area contributed by atoms with E-state index < -0.39 is 0 Å². The lowest BCUT2D eigenvalue weighted by Crippen LogP contribution is -2.32. The normalized spacial score (nSPS) is 23.4. The fourth-order valence-corrected chi connectivity index (χ4v) is 3.14. The summed E-state index contributed by atoms with van der Waals surface area (Å²) in [6.45, 7) is 7.88. The van der Waals surface area contributed by atoms with Crippen LogP contribution in [-0.4, -0.2) is 11.5 Å². The molecule has 1 aromatic heterocycles. The van der Waals surface area contributed by atoms with Crippen molar-refractivity contribution < 1.29 is 0 Å². The van der Waals surface area contributed by atoms with Gasteiger partial charge in [0.1, 0.15) is 0 Å². The van der Waals surface area contributed by atoms with Crippen LogP contribution in [0.5, 0.6) is 0 Å². The summed E-state index contributed by atoms with van der Waals surface area (Å²) in [5.41, 5.74) is 2.87. The second kappa shape index (κ2) is 4.61. The van der Waals surface area contributed by atoms with Crippen molar-refractivity contribution in [3.63, 3.8) is 0 Å². The van der Waals surface area contributed by atoms with Crippen molar-refractivity contribution in [1.82, 2.24) is 10.3 Å². The van der Waals surface area contributed by atoms with Crippen LogP contribution in [0, 0.1) is 0 Å². The van der Waals surface area contributed by atoms with Gasteiger partial charge >= 0.3 is 0 Å². The molecule has 2 heteroatoms. The molecule has 1 aromatic carbocycles.